The van der Waals surface area contributed by atoms with Crippen molar-refractivity contribution in [1.29, 1.82) is 0 Å². The fourth-order valence-corrected chi connectivity index (χ4v) is 2.31. The minimum Gasteiger partial charge on any atom is -0.493 e. The molecular weight excluding hydrogens is 264 g/mol. The summed E-state index contributed by atoms with van der Waals surface area (Å²) < 4.78 is 5.50. The van der Waals surface area contributed by atoms with Crippen molar-refractivity contribution in [3.05, 3.63) is 53.7 Å². The second kappa shape index (κ2) is 6.26. The average molecular weight is 282 g/mol. The van der Waals surface area contributed by atoms with E-state index in [1.165, 1.54) is 11.1 Å². The zero-order valence-corrected chi connectivity index (χ0v) is 11.7. The van der Waals surface area contributed by atoms with Crippen LogP contribution in [-0.2, 0) is 12.8 Å². The van der Waals surface area contributed by atoms with Crippen molar-refractivity contribution in [2.24, 2.45) is 10.7 Å². The average Bonchev–Trinajstić information content (AvgIpc) is 2.96. The second-order valence-electron chi connectivity index (χ2n) is 4.90. The van der Waals surface area contributed by atoms with Gasteiger partial charge >= 0.3 is 0 Å². The zero-order valence-electron chi connectivity index (χ0n) is 11.7. The van der Waals surface area contributed by atoms with E-state index in [4.69, 9.17) is 10.5 Å². The van der Waals surface area contributed by atoms with Crippen LogP contribution in [0.3, 0.4) is 0 Å². The van der Waals surface area contributed by atoms with Crippen LogP contribution in [0.1, 0.15) is 11.1 Å². The molecule has 0 saturated heterocycles. The number of hydrogen-bond acceptors (Lipinski definition) is 3. The van der Waals surface area contributed by atoms with Crippen molar-refractivity contribution in [2.75, 3.05) is 18.5 Å². The third-order valence-corrected chi connectivity index (χ3v) is 3.36. The highest BCUT2D eigenvalue weighted by molar-refractivity contribution is 5.91. The number of benzene rings is 1. The van der Waals surface area contributed by atoms with Crippen molar-refractivity contribution in [2.45, 2.75) is 12.8 Å². The standard InChI is InChI=1S/C16H18N4O/c17-16(20-15-3-1-2-8-18-15)19-9-6-12-4-5-14-13(11-12)7-10-21-14/h1-5,8,11H,6-7,9-10H2,(H3,17,18,19,20). The van der Waals surface area contributed by atoms with Crippen LogP contribution in [0, 0.1) is 0 Å². The van der Waals surface area contributed by atoms with Gasteiger partial charge in [-0.2, -0.15) is 0 Å². The maximum atomic E-state index is 5.84. The lowest BCUT2D eigenvalue weighted by Gasteiger charge is -2.05. The number of nitrogens with two attached hydrogens (primary N) is 1. The van der Waals surface area contributed by atoms with Crippen molar-refractivity contribution in [3.8, 4) is 5.75 Å². The van der Waals surface area contributed by atoms with Gasteiger partial charge in [-0.1, -0.05) is 18.2 Å². The van der Waals surface area contributed by atoms with Gasteiger partial charge < -0.3 is 15.8 Å². The first-order chi connectivity index (χ1) is 10.3. The first-order valence-corrected chi connectivity index (χ1v) is 7.04. The van der Waals surface area contributed by atoms with Gasteiger partial charge in [-0.15, -0.1) is 0 Å². The Morgan fingerprint density at radius 1 is 1.33 bits per heavy atom. The van der Waals surface area contributed by atoms with Gasteiger partial charge in [-0.3, -0.25) is 4.99 Å². The molecular formula is C16H18N4O. The Hall–Kier alpha value is -2.56. The molecule has 0 radical (unpaired) electrons. The maximum absolute atomic E-state index is 5.84. The molecule has 5 heteroatoms. The molecule has 1 aromatic heterocycles. The fraction of sp³-hybridized carbons (Fsp3) is 0.250. The van der Waals surface area contributed by atoms with E-state index in [9.17, 15) is 0 Å². The smallest absolute Gasteiger partial charge is 0.194 e. The molecule has 0 atom stereocenters. The van der Waals surface area contributed by atoms with Gasteiger partial charge in [0.2, 0.25) is 0 Å². The highest BCUT2D eigenvalue weighted by atomic mass is 16.5. The van der Waals surface area contributed by atoms with Crippen molar-refractivity contribution in [1.82, 2.24) is 4.98 Å². The monoisotopic (exact) mass is 282 g/mol. The third-order valence-electron chi connectivity index (χ3n) is 3.36. The lowest BCUT2D eigenvalue weighted by Crippen LogP contribution is -2.23. The number of rotatable bonds is 4. The minimum atomic E-state index is 0.387. The van der Waals surface area contributed by atoms with E-state index in [1.54, 1.807) is 6.20 Å². The van der Waals surface area contributed by atoms with Crippen LogP contribution in [-0.4, -0.2) is 24.1 Å². The first kappa shape index (κ1) is 13.4. The number of fused-ring (bicyclic) bond motifs is 1. The molecule has 0 saturated carbocycles. The van der Waals surface area contributed by atoms with E-state index in [-0.39, 0.29) is 0 Å². The van der Waals surface area contributed by atoms with E-state index < -0.39 is 0 Å². The second-order valence-corrected chi connectivity index (χ2v) is 4.90. The summed E-state index contributed by atoms with van der Waals surface area (Å²) in [5.74, 6) is 2.10. The summed E-state index contributed by atoms with van der Waals surface area (Å²) in [5, 5.41) is 2.97. The molecule has 1 aromatic carbocycles. The zero-order chi connectivity index (χ0) is 14.5. The first-order valence-electron chi connectivity index (χ1n) is 7.04. The van der Waals surface area contributed by atoms with Gasteiger partial charge in [0, 0.05) is 19.2 Å². The van der Waals surface area contributed by atoms with E-state index in [2.05, 4.69) is 27.4 Å². The molecule has 108 valence electrons. The molecule has 0 fully saturated rings. The minimum absolute atomic E-state index is 0.387. The van der Waals surface area contributed by atoms with Crippen LogP contribution >= 0.6 is 0 Å². The van der Waals surface area contributed by atoms with Crippen molar-refractivity contribution < 1.29 is 4.74 Å². The molecule has 2 aromatic rings. The number of ether oxygens (including phenoxy) is 1. The van der Waals surface area contributed by atoms with Crippen LogP contribution in [0.15, 0.2) is 47.6 Å². The van der Waals surface area contributed by atoms with Gasteiger partial charge in [-0.05, 0) is 35.7 Å². The lowest BCUT2D eigenvalue weighted by molar-refractivity contribution is 0.357. The van der Waals surface area contributed by atoms with Crippen LogP contribution in [0.25, 0.3) is 0 Å². The molecule has 0 amide bonds. The predicted molar refractivity (Wildman–Crippen MR) is 83.7 cm³/mol. The Morgan fingerprint density at radius 3 is 3.14 bits per heavy atom. The maximum Gasteiger partial charge on any atom is 0.194 e. The van der Waals surface area contributed by atoms with Crippen LogP contribution in [0.5, 0.6) is 5.75 Å². The predicted octanol–water partition coefficient (Wildman–Crippen LogP) is 1.99. The van der Waals surface area contributed by atoms with Crippen LogP contribution in [0.2, 0.25) is 0 Å². The summed E-state index contributed by atoms with van der Waals surface area (Å²) in [7, 11) is 0. The molecule has 0 aliphatic carbocycles. The quantitative estimate of drug-likeness (QED) is 0.664. The highest BCUT2D eigenvalue weighted by Gasteiger charge is 2.11. The largest absolute Gasteiger partial charge is 0.493 e. The van der Waals surface area contributed by atoms with E-state index >= 15 is 0 Å². The van der Waals surface area contributed by atoms with E-state index in [0.29, 0.717) is 18.3 Å². The van der Waals surface area contributed by atoms with Crippen molar-refractivity contribution >= 4 is 11.8 Å². The number of hydrogen-bond donors (Lipinski definition) is 2. The molecule has 3 N–H and O–H groups in total. The summed E-state index contributed by atoms with van der Waals surface area (Å²) >= 11 is 0. The number of aromatic nitrogens is 1. The summed E-state index contributed by atoms with van der Waals surface area (Å²) in [6.07, 6.45) is 3.57. The number of guanidine groups is 1. The van der Waals surface area contributed by atoms with Gasteiger partial charge in [0.25, 0.3) is 0 Å². The van der Waals surface area contributed by atoms with E-state index in [0.717, 1.165) is 25.2 Å². The molecule has 5 nitrogen and oxygen atoms in total. The molecule has 3 rings (SSSR count). The molecule has 1 aliphatic rings. The Balaban J connectivity index is 1.54. The molecule has 0 unspecified atom stereocenters. The van der Waals surface area contributed by atoms with Crippen LogP contribution in [0.4, 0.5) is 5.82 Å². The van der Waals surface area contributed by atoms with Gasteiger partial charge in [0.15, 0.2) is 5.96 Å². The summed E-state index contributed by atoms with van der Waals surface area (Å²) in [6, 6.07) is 11.9. The number of anilines is 1. The number of pyridine rings is 1. The van der Waals surface area contributed by atoms with E-state index in [1.807, 2.05) is 24.3 Å². The van der Waals surface area contributed by atoms with Gasteiger partial charge in [0.05, 0.1) is 6.61 Å². The molecule has 2 heterocycles. The number of nitrogens with zero attached hydrogens (tertiary/aromatic N) is 2. The van der Waals surface area contributed by atoms with Crippen molar-refractivity contribution in [3.63, 3.8) is 0 Å². The molecule has 21 heavy (non-hydrogen) atoms. The van der Waals surface area contributed by atoms with Gasteiger partial charge in [0.1, 0.15) is 11.6 Å². The Bertz CT molecular complexity index is 640. The normalized spacial score (nSPS) is 13.6. The topological polar surface area (TPSA) is 72.5 Å². The number of nitrogens with one attached hydrogen (secondary N) is 1. The molecule has 1 aliphatic heterocycles. The third kappa shape index (κ3) is 3.51. The lowest BCUT2D eigenvalue weighted by atomic mass is 10.1. The fourth-order valence-electron chi connectivity index (χ4n) is 2.31. The summed E-state index contributed by atoms with van der Waals surface area (Å²) in [6.45, 7) is 1.43. The Labute approximate surface area is 123 Å². The number of aliphatic imine (C=N–C) groups is 1. The Kier molecular flexibility index (Phi) is 4.00. The summed E-state index contributed by atoms with van der Waals surface area (Å²) in [5.41, 5.74) is 8.38. The van der Waals surface area contributed by atoms with Gasteiger partial charge in [-0.25, -0.2) is 4.98 Å². The molecule has 0 spiro atoms. The molecule has 0 bridgehead atoms. The highest BCUT2D eigenvalue weighted by Crippen LogP contribution is 2.25. The Morgan fingerprint density at radius 2 is 2.29 bits per heavy atom. The van der Waals surface area contributed by atoms with Crippen LogP contribution < -0.4 is 15.8 Å². The summed E-state index contributed by atoms with van der Waals surface area (Å²) in [4.78, 5) is 8.46. The SMILES string of the molecule is NC(=NCCc1ccc2c(c1)CCO2)Nc1ccccn1.